The van der Waals surface area contributed by atoms with Crippen molar-refractivity contribution in [2.45, 2.75) is 11.8 Å². The van der Waals surface area contributed by atoms with Gasteiger partial charge in [0.05, 0.1) is 16.1 Å². The molecule has 7 heteroatoms. The van der Waals surface area contributed by atoms with E-state index in [1.807, 2.05) is 0 Å². The second kappa shape index (κ2) is 5.75. The van der Waals surface area contributed by atoms with Crippen LogP contribution < -0.4 is 4.72 Å². The number of halogens is 1. The Balaban J connectivity index is 2.44. The van der Waals surface area contributed by atoms with Crippen LogP contribution >= 0.6 is 11.6 Å². The Morgan fingerprint density at radius 2 is 1.90 bits per heavy atom. The van der Waals surface area contributed by atoms with Crippen LogP contribution in [0.4, 0.5) is 5.69 Å². The molecule has 0 heterocycles. The maximum Gasteiger partial charge on any atom is 0.337 e. The summed E-state index contributed by atoms with van der Waals surface area (Å²) in [5.41, 5.74) is 0.541. The Kier molecular flexibility index (Phi) is 4.20. The van der Waals surface area contributed by atoms with E-state index < -0.39 is 16.0 Å². The average Bonchev–Trinajstić information content (AvgIpc) is 2.40. The first kappa shape index (κ1) is 15.3. The summed E-state index contributed by atoms with van der Waals surface area (Å²) in [7, 11) is -3.86. The van der Waals surface area contributed by atoms with E-state index in [2.05, 4.69) is 4.72 Å². The quantitative estimate of drug-likeness (QED) is 0.904. The summed E-state index contributed by atoms with van der Waals surface area (Å²) in [6.07, 6.45) is 0. The Morgan fingerprint density at radius 1 is 1.19 bits per heavy atom. The van der Waals surface area contributed by atoms with Gasteiger partial charge in [-0.25, -0.2) is 13.2 Å². The lowest BCUT2D eigenvalue weighted by atomic mass is 10.2. The van der Waals surface area contributed by atoms with Crippen LogP contribution in [0.1, 0.15) is 15.9 Å². The molecule has 2 N–H and O–H groups in total. The first-order valence-electron chi connectivity index (χ1n) is 5.92. The van der Waals surface area contributed by atoms with E-state index in [1.54, 1.807) is 19.1 Å². The normalized spacial score (nSPS) is 11.1. The van der Waals surface area contributed by atoms with E-state index in [-0.39, 0.29) is 21.2 Å². The fourth-order valence-corrected chi connectivity index (χ4v) is 3.12. The fraction of sp³-hybridized carbons (Fsp3) is 0.0714. The van der Waals surface area contributed by atoms with Crippen LogP contribution in [-0.2, 0) is 10.0 Å². The van der Waals surface area contributed by atoms with Gasteiger partial charge < -0.3 is 5.11 Å². The number of hydrogen-bond acceptors (Lipinski definition) is 3. The van der Waals surface area contributed by atoms with Crippen molar-refractivity contribution in [3.8, 4) is 0 Å². The number of carboxylic acids is 1. The predicted octanol–water partition coefficient (Wildman–Crippen LogP) is 3.15. The lowest BCUT2D eigenvalue weighted by Gasteiger charge is -2.11. The van der Waals surface area contributed by atoms with Crippen LogP contribution in [0.15, 0.2) is 47.4 Å². The lowest BCUT2D eigenvalue weighted by Crippen LogP contribution is -2.15. The summed E-state index contributed by atoms with van der Waals surface area (Å²) in [6, 6.07) is 10.2. The van der Waals surface area contributed by atoms with E-state index in [0.717, 1.165) is 5.56 Å². The minimum atomic E-state index is -3.86. The van der Waals surface area contributed by atoms with Gasteiger partial charge in [-0.05, 0) is 42.8 Å². The van der Waals surface area contributed by atoms with Crippen LogP contribution in [0.5, 0.6) is 0 Å². The van der Waals surface area contributed by atoms with Crippen molar-refractivity contribution in [3.63, 3.8) is 0 Å². The molecule has 0 aromatic heterocycles. The molecule has 21 heavy (non-hydrogen) atoms. The molecule has 2 aromatic rings. The van der Waals surface area contributed by atoms with Crippen LogP contribution in [0.2, 0.25) is 5.02 Å². The van der Waals surface area contributed by atoms with Gasteiger partial charge in [-0.1, -0.05) is 23.7 Å². The molecule has 0 spiro atoms. The van der Waals surface area contributed by atoms with Gasteiger partial charge in [-0.15, -0.1) is 0 Å². The molecule has 0 aliphatic carbocycles. The number of carboxylic acid groups (broad SMARTS) is 1. The summed E-state index contributed by atoms with van der Waals surface area (Å²) in [4.78, 5) is 11.2. The molecular weight excluding hydrogens is 314 g/mol. The van der Waals surface area contributed by atoms with Gasteiger partial charge in [0, 0.05) is 5.02 Å². The number of carbonyl (C=O) groups is 1. The summed E-state index contributed by atoms with van der Waals surface area (Å²) in [5, 5.41) is 9.32. The van der Waals surface area contributed by atoms with E-state index in [0.29, 0.717) is 0 Å². The van der Waals surface area contributed by atoms with Crippen LogP contribution in [-0.4, -0.2) is 19.5 Å². The Bertz CT molecular complexity index is 802. The fourth-order valence-electron chi connectivity index (χ4n) is 1.77. The molecular formula is C14H12ClNO4S. The van der Waals surface area contributed by atoms with Crippen LogP contribution in [0.3, 0.4) is 0 Å². The highest BCUT2D eigenvalue weighted by Crippen LogP contribution is 2.24. The van der Waals surface area contributed by atoms with Crippen molar-refractivity contribution >= 4 is 33.3 Å². The monoisotopic (exact) mass is 325 g/mol. The van der Waals surface area contributed by atoms with E-state index >= 15 is 0 Å². The van der Waals surface area contributed by atoms with Gasteiger partial charge in [0.1, 0.15) is 0 Å². The Labute approximate surface area is 127 Å². The number of aromatic carboxylic acids is 1. The zero-order chi connectivity index (χ0) is 15.6. The molecule has 0 atom stereocenters. The molecule has 2 aromatic carbocycles. The zero-order valence-corrected chi connectivity index (χ0v) is 12.6. The number of aryl methyl sites for hydroxylation is 1. The molecule has 0 amide bonds. The number of sulfonamides is 1. The first-order chi connectivity index (χ1) is 9.79. The van der Waals surface area contributed by atoms with Crippen molar-refractivity contribution < 1.29 is 18.3 Å². The third kappa shape index (κ3) is 3.53. The Morgan fingerprint density at radius 3 is 2.52 bits per heavy atom. The molecule has 0 fully saturated rings. The smallest absolute Gasteiger partial charge is 0.337 e. The number of nitrogens with one attached hydrogen (secondary N) is 1. The molecule has 0 aliphatic rings. The van der Waals surface area contributed by atoms with Gasteiger partial charge in [-0.2, -0.15) is 0 Å². The molecule has 5 nitrogen and oxygen atoms in total. The highest BCUT2D eigenvalue weighted by atomic mass is 35.5. The maximum atomic E-state index is 12.3. The average molecular weight is 326 g/mol. The predicted molar refractivity (Wildman–Crippen MR) is 80.4 cm³/mol. The minimum absolute atomic E-state index is 0.0339. The van der Waals surface area contributed by atoms with Crippen LogP contribution in [0, 0.1) is 6.92 Å². The molecule has 0 unspecified atom stereocenters. The topological polar surface area (TPSA) is 83.5 Å². The molecule has 2 rings (SSSR count). The van der Waals surface area contributed by atoms with Gasteiger partial charge >= 0.3 is 5.97 Å². The van der Waals surface area contributed by atoms with E-state index in [4.69, 9.17) is 16.7 Å². The van der Waals surface area contributed by atoms with Crippen LogP contribution in [0.25, 0.3) is 0 Å². The molecule has 0 aliphatic heterocycles. The maximum absolute atomic E-state index is 12.3. The van der Waals surface area contributed by atoms with Gasteiger partial charge in [0.2, 0.25) is 0 Å². The van der Waals surface area contributed by atoms with Gasteiger partial charge in [-0.3, -0.25) is 4.72 Å². The Hall–Kier alpha value is -2.05. The number of hydrogen-bond donors (Lipinski definition) is 2. The third-order valence-corrected chi connectivity index (χ3v) is 4.35. The third-order valence-electron chi connectivity index (χ3n) is 2.76. The van der Waals surface area contributed by atoms with Crippen molar-refractivity contribution in [2.24, 2.45) is 0 Å². The van der Waals surface area contributed by atoms with Crippen molar-refractivity contribution in [1.29, 1.82) is 0 Å². The number of anilines is 1. The first-order valence-corrected chi connectivity index (χ1v) is 7.78. The standard InChI is InChI=1S/C14H12ClNO4S/c1-9-3-2-4-11(7-9)21(19,20)16-13-6-5-10(15)8-12(13)14(17)18/h2-8,16H,1H3,(H,17,18). The minimum Gasteiger partial charge on any atom is -0.478 e. The SMILES string of the molecule is Cc1cccc(S(=O)(=O)Nc2ccc(Cl)cc2C(=O)O)c1. The van der Waals surface area contributed by atoms with Crippen molar-refractivity contribution in [3.05, 3.63) is 58.6 Å². The zero-order valence-electron chi connectivity index (χ0n) is 11.0. The highest BCUT2D eigenvalue weighted by molar-refractivity contribution is 7.92. The molecule has 0 saturated carbocycles. The second-order valence-electron chi connectivity index (χ2n) is 4.42. The highest BCUT2D eigenvalue weighted by Gasteiger charge is 2.18. The lowest BCUT2D eigenvalue weighted by molar-refractivity contribution is 0.0698. The second-order valence-corrected chi connectivity index (χ2v) is 6.54. The number of benzene rings is 2. The van der Waals surface area contributed by atoms with Crippen molar-refractivity contribution in [2.75, 3.05) is 4.72 Å². The number of rotatable bonds is 4. The molecule has 0 bridgehead atoms. The summed E-state index contributed by atoms with van der Waals surface area (Å²) < 4.78 is 26.8. The van der Waals surface area contributed by atoms with Crippen molar-refractivity contribution in [1.82, 2.24) is 0 Å². The summed E-state index contributed by atoms with van der Waals surface area (Å²) in [5.74, 6) is -1.26. The summed E-state index contributed by atoms with van der Waals surface area (Å²) >= 11 is 5.73. The largest absolute Gasteiger partial charge is 0.478 e. The summed E-state index contributed by atoms with van der Waals surface area (Å²) in [6.45, 7) is 1.77. The molecule has 0 saturated heterocycles. The van der Waals surface area contributed by atoms with Gasteiger partial charge in [0.25, 0.3) is 10.0 Å². The van der Waals surface area contributed by atoms with Gasteiger partial charge in [0.15, 0.2) is 0 Å². The molecule has 0 radical (unpaired) electrons. The molecule has 110 valence electrons. The van der Waals surface area contributed by atoms with E-state index in [9.17, 15) is 13.2 Å². The van der Waals surface area contributed by atoms with E-state index in [1.165, 1.54) is 30.3 Å².